The highest BCUT2D eigenvalue weighted by Crippen LogP contribution is 2.45. The second kappa shape index (κ2) is 12.8. The van der Waals surface area contributed by atoms with E-state index >= 15 is 0 Å². The molecule has 0 radical (unpaired) electrons. The fourth-order valence-corrected chi connectivity index (χ4v) is 8.80. The Morgan fingerprint density at radius 3 is 2.11 bits per heavy atom. The third-order valence-electron chi connectivity index (χ3n) is 6.23. The smallest absolute Gasteiger partial charge is 0.227 e. The number of nitrogens with zero attached hydrogens (tertiary/aromatic N) is 4. The lowest BCUT2D eigenvalue weighted by atomic mass is 9.92. The Bertz CT molecular complexity index is 1610. The molecule has 4 heterocycles. The van der Waals surface area contributed by atoms with Crippen LogP contribution in [-0.4, -0.2) is 0 Å². The average Bonchev–Trinajstić information content (AvgIpc) is 3.71. The van der Waals surface area contributed by atoms with Crippen LogP contribution in [0.15, 0.2) is 41.7 Å². The molecule has 0 aromatic carbocycles. The number of rotatable bonds is 10. The van der Waals surface area contributed by atoms with E-state index in [1.165, 1.54) is 48.9 Å². The summed E-state index contributed by atoms with van der Waals surface area (Å²) in [5.41, 5.74) is 1.45. The first-order chi connectivity index (χ1) is 18.5. The van der Waals surface area contributed by atoms with Gasteiger partial charge in [-0.05, 0) is 60.4 Å². The molecule has 4 nitrogen and oxygen atoms in total. The normalized spacial score (nSPS) is 12.6. The van der Waals surface area contributed by atoms with Gasteiger partial charge in [0.1, 0.15) is 0 Å². The van der Waals surface area contributed by atoms with Gasteiger partial charge in [-0.3, -0.25) is 0 Å². The Labute approximate surface area is 239 Å². The highest BCUT2D eigenvalue weighted by atomic mass is 32.1. The predicted molar refractivity (Wildman–Crippen MR) is 164 cm³/mol. The Kier molecular flexibility index (Phi) is 9.30. The zero-order valence-electron chi connectivity index (χ0n) is 21.1. The quantitative estimate of drug-likeness (QED) is 0.141. The zero-order chi connectivity index (χ0) is 27.1. The van der Waals surface area contributed by atoms with Crippen molar-refractivity contribution in [2.45, 2.75) is 46.0 Å². The van der Waals surface area contributed by atoms with Crippen molar-refractivity contribution in [2.75, 3.05) is 0 Å². The largest absolute Gasteiger partial charge is 0.263 e. The maximum atomic E-state index is 9.35. The molecule has 0 saturated heterocycles. The number of nitriles is 2. The summed E-state index contributed by atoms with van der Waals surface area (Å²) in [5.74, 6) is 0.599. The fraction of sp³-hybridized carbons (Fsp3) is 0.267. The standard InChI is InChI=1S/C30H24N4S4/c1-5-7-8-19(6-2)11-20-12-26(36-25(20)14-22(18-32)34-4)28-16-30-29(38-28)15-27(37-30)24-10-9-23(35-24)13-21(17-31)33-3/h9-10,12-16,19H,5-8,11H2,1-2H3/b21-13-,22-14+. The van der Waals surface area contributed by atoms with E-state index in [0.717, 1.165) is 27.5 Å². The van der Waals surface area contributed by atoms with Gasteiger partial charge in [0.05, 0.1) is 25.3 Å². The van der Waals surface area contributed by atoms with Gasteiger partial charge in [0.25, 0.3) is 11.4 Å². The van der Waals surface area contributed by atoms with Gasteiger partial charge in [-0.2, -0.15) is 0 Å². The molecule has 0 aliphatic carbocycles. The molecule has 0 amide bonds. The molecule has 0 N–H and O–H groups in total. The maximum absolute atomic E-state index is 9.35. The minimum absolute atomic E-state index is 0.0913. The molecule has 1 unspecified atom stereocenters. The molecule has 188 valence electrons. The van der Waals surface area contributed by atoms with E-state index < -0.39 is 0 Å². The van der Waals surface area contributed by atoms with Crippen LogP contribution in [0.2, 0.25) is 0 Å². The second-order valence-corrected chi connectivity index (χ2v) is 13.1. The van der Waals surface area contributed by atoms with Crippen molar-refractivity contribution in [3.63, 3.8) is 0 Å². The van der Waals surface area contributed by atoms with E-state index in [-0.39, 0.29) is 11.4 Å². The summed E-state index contributed by atoms with van der Waals surface area (Å²) in [6.45, 7) is 18.9. The lowest BCUT2D eigenvalue weighted by Crippen LogP contribution is -2.03. The van der Waals surface area contributed by atoms with Crippen LogP contribution in [0.4, 0.5) is 0 Å². The highest BCUT2D eigenvalue weighted by Gasteiger charge is 2.17. The summed E-state index contributed by atoms with van der Waals surface area (Å²) in [5, 5.41) is 18.4. The summed E-state index contributed by atoms with van der Waals surface area (Å²) in [4.78, 5) is 13.3. The van der Waals surface area contributed by atoms with Gasteiger partial charge in [0.15, 0.2) is 0 Å². The number of allylic oxidation sites excluding steroid dienone is 2. The molecular formula is C30H24N4S4. The van der Waals surface area contributed by atoms with Gasteiger partial charge in [-0.25, -0.2) is 20.2 Å². The van der Waals surface area contributed by atoms with Crippen LogP contribution in [0.25, 0.3) is 50.8 Å². The van der Waals surface area contributed by atoms with Crippen LogP contribution < -0.4 is 0 Å². The molecule has 0 spiro atoms. The molecule has 4 aromatic heterocycles. The summed E-state index contributed by atoms with van der Waals surface area (Å²) >= 11 is 6.76. The SMILES string of the molecule is [C-]#[N+]/C(C#N)=C\c1ccc(-c2cc3sc(-c4cc(CC(CC)CCCC)c(/C=C(\C#N)[N+]#[C-])s4)cc3s2)s1. The highest BCUT2D eigenvalue weighted by molar-refractivity contribution is 7.33. The third-order valence-corrected chi connectivity index (χ3v) is 11.1. The van der Waals surface area contributed by atoms with Crippen LogP contribution >= 0.6 is 45.3 Å². The molecule has 4 rings (SSSR count). The Balaban J connectivity index is 1.65. The molecule has 1 atom stereocenters. The van der Waals surface area contributed by atoms with Crippen molar-refractivity contribution in [3.8, 4) is 31.6 Å². The van der Waals surface area contributed by atoms with Gasteiger partial charge in [0.2, 0.25) is 0 Å². The molecular weight excluding hydrogens is 545 g/mol. The van der Waals surface area contributed by atoms with Crippen LogP contribution in [0.5, 0.6) is 0 Å². The molecule has 0 bridgehead atoms. The first-order valence-electron chi connectivity index (χ1n) is 12.3. The van der Waals surface area contributed by atoms with E-state index in [1.54, 1.807) is 57.5 Å². The topological polar surface area (TPSA) is 56.3 Å². The van der Waals surface area contributed by atoms with Gasteiger partial charge in [-0.1, -0.05) is 39.5 Å². The second-order valence-electron chi connectivity index (χ2n) is 8.78. The molecule has 0 aliphatic heterocycles. The molecule has 0 saturated carbocycles. The molecule has 4 aromatic rings. The summed E-state index contributed by atoms with van der Waals surface area (Å²) in [7, 11) is 0. The van der Waals surface area contributed by atoms with E-state index in [1.807, 2.05) is 24.3 Å². The van der Waals surface area contributed by atoms with Gasteiger partial charge in [0, 0.05) is 38.7 Å². The number of hydrogen-bond acceptors (Lipinski definition) is 6. The lowest BCUT2D eigenvalue weighted by Gasteiger charge is -2.14. The first kappa shape index (κ1) is 27.5. The van der Waals surface area contributed by atoms with Crippen molar-refractivity contribution < 1.29 is 0 Å². The number of hydrogen-bond donors (Lipinski definition) is 0. The average molecular weight is 569 g/mol. The monoisotopic (exact) mass is 568 g/mol. The molecule has 8 heteroatoms. The summed E-state index contributed by atoms with van der Waals surface area (Å²) in [6.07, 6.45) is 9.08. The van der Waals surface area contributed by atoms with Gasteiger partial charge in [-0.15, -0.1) is 45.3 Å². The Hall–Kier alpha value is -3.50. The maximum Gasteiger partial charge on any atom is 0.263 e. The predicted octanol–water partition coefficient (Wildman–Crippen LogP) is 10.7. The van der Waals surface area contributed by atoms with E-state index in [0.29, 0.717) is 5.92 Å². The molecule has 38 heavy (non-hydrogen) atoms. The van der Waals surface area contributed by atoms with E-state index in [9.17, 15) is 5.26 Å². The first-order valence-corrected chi connectivity index (χ1v) is 15.5. The van der Waals surface area contributed by atoms with Crippen molar-refractivity contribution in [3.05, 3.63) is 79.9 Å². The minimum atomic E-state index is 0.0913. The number of fused-ring (bicyclic) bond motifs is 1. The zero-order valence-corrected chi connectivity index (χ0v) is 24.3. The van der Waals surface area contributed by atoms with Crippen LogP contribution in [0.3, 0.4) is 0 Å². The third kappa shape index (κ3) is 6.31. The summed E-state index contributed by atoms with van der Waals surface area (Å²) < 4.78 is 2.45. The van der Waals surface area contributed by atoms with Crippen molar-refractivity contribution in [2.24, 2.45) is 5.92 Å². The lowest BCUT2D eigenvalue weighted by molar-refractivity contribution is 0.449. The van der Waals surface area contributed by atoms with Gasteiger partial charge < -0.3 is 0 Å². The van der Waals surface area contributed by atoms with Crippen LogP contribution in [0.1, 0.15) is 54.8 Å². The van der Waals surface area contributed by atoms with Crippen LogP contribution in [-0.2, 0) is 6.42 Å². The number of unbranched alkanes of at least 4 members (excludes halogenated alkanes) is 1. The summed E-state index contributed by atoms with van der Waals surface area (Å²) in [6, 6.07) is 14.7. The van der Waals surface area contributed by atoms with E-state index in [4.69, 9.17) is 18.4 Å². The Morgan fingerprint density at radius 1 is 0.868 bits per heavy atom. The fourth-order valence-electron chi connectivity index (χ4n) is 4.18. The van der Waals surface area contributed by atoms with Crippen molar-refractivity contribution in [1.29, 1.82) is 10.5 Å². The number of thiophene rings is 4. The van der Waals surface area contributed by atoms with E-state index in [2.05, 4.69) is 41.7 Å². The minimum Gasteiger partial charge on any atom is -0.227 e. The van der Waals surface area contributed by atoms with Crippen molar-refractivity contribution in [1.82, 2.24) is 0 Å². The van der Waals surface area contributed by atoms with Crippen LogP contribution in [0, 0.1) is 41.7 Å². The molecule has 0 fully saturated rings. The Morgan fingerprint density at radius 2 is 1.50 bits per heavy atom. The van der Waals surface area contributed by atoms with Gasteiger partial charge >= 0.3 is 0 Å². The molecule has 0 aliphatic rings. The van der Waals surface area contributed by atoms with Crippen molar-refractivity contribution >= 4 is 66.9 Å².